The number of nitrogens with one attached hydrogen (secondary N) is 1. The van der Waals surface area contributed by atoms with Crippen molar-refractivity contribution in [1.29, 1.82) is 0 Å². The van der Waals surface area contributed by atoms with Crippen LogP contribution in [-0.2, 0) is 22.6 Å². The number of hydrogen-bond acceptors (Lipinski definition) is 3. The molecule has 1 aliphatic rings. The Labute approximate surface area is 144 Å². The molecule has 0 saturated heterocycles. The standard InChI is InChI=1S/C18H19F2N3O2/c1-3-10(2)17(24)18(25)23-7-6-15-12(9-23)16(22-21-15)11-4-5-13(19)14(20)8-11/h4-5,8,10H,3,6-7,9H2,1-2H3,(H,21,22)/t10-/m0/s1. The van der Waals surface area contributed by atoms with Crippen molar-refractivity contribution in [3.63, 3.8) is 0 Å². The van der Waals surface area contributed by atoms with Gasteiger partial charge in [-0.05, 0) is 24.6 Å². The lowest BCUT2D eigenvalue weighted by molar-refractivity contribution is -0.147. The van der Waals surface area contributed by atoms with Crippen molar-refractivity contribution >= 4 is 11.7 Å². The Morgan fingerprint density at radius 3 is 2.76 bits per heavy atom. The maximum Gasteiger partial charge on any atom is 0.290 e. The average molecular weight is 347 g/mol. The molecule has 1 N–H and O–H groups in total. The van der Waals surface area contributed by atoms with Gasteiger partial charge in [-0.15, -0.1) is 0 Å². The monoisotopic (exact) mass is 347 g/mol. The number of aromatic nitrogens is 2. The van der Waals surface area contributed by atoms with Crippen LogP contribution in [0.4, 0.5) is 8.78 Å². The van der Waals surface area contributed by atoms with Gasteiger partial charge in [0, 0.05) is 35.7 Å². The van der Waals surface area contributed by atoms with E-state index >= 15 is 0 Å². The minimum absolute atomic E-state index is 0.223. The first-order valence-corrected chi connectivity index (χ1v) is 8.27. The molecule has 7 heteroatoms. The highest BCUT2D eigenvalue weighted by atomic mass is 19.2. The molecular weight excluding hydrogens is 328 g/mol. The van der Waals surface area contributed by atoms with E-state index in [2.05, 4.69) is 10.2 Å². The average Bonchev–Trinajstić information content (AvgIpc) is 3.05. The van der Waals surface area contributed by atoms with Gasteiger partial charge in [-0.25, -0.2) is 8.78 Å². The highest BCUT2D eigenvalue weighted by Crippen LogP contribution is 2.29. The summed E-state index contributed by atoms with van der Waals surface area (Å²) in [5.41, 5.74) is 2.49. The Hall–Kier alpha value is -2.57. The number of rotatable bonds is 4. The highest BCUT2D eigenvalue weighted by molar-refractivity contribution is 6.36. The van der Waals surface area contributed by atoms with Crippen LogP contribution in [0.5, 0.6) is 0 Å². The molecule has 2 aromatic rings. The maximum atomic E-state index is 13.5. The second kappa shape index (κ2) is 6.74. The largest absolute Gasteiger partial charge is 0.331 e. The summed E-state index contributed by atoms with van der Waals surface area (Å²) < 4.78 is 26.7. The summed E-state index contributed by atoms with van der Waals surface area (Å²) >= 11 is 0. The van der Waals surface area contributed by atoms with Gasteiger partial charge in [0.25, 0.3) is 5.91 Å². The van der Waals surface area contributed by atoms with Crippen LogP contribution in [0.1, 0.15) is 31.5 Å². The number of amides is 1. The van der Waals surface area contributed by atoms with Gasteiger partial charge in [0.05, 0.1) is 12.2 Å². The maximum absolute atomic E-state index is 13.5. The number of Topliss-reactive ketones (excluding diaryl/α,β-unsaturated/α-hetero) is 1. The van der Waals surface area contributed by atoms with Crippen molar-refractivity contribution in [3.8, 4) is 11.3 Å². The molecule has 0 fully saturated rings. The van der Waals surface area contributed by atoms with Gasteiger partial charge < -0.3 is 4.90 Å². The van der Waals surface area contributed by atoms with E-state index < -0.39 is 23.3 Å². The van der Waals surface area contributed by atoms with Crippen molar-refractivity contribution in [2.75, 3.05) is 6.54 Å². The normalized spacial score (nSPS) is 15.0. The zero-order valence-electron chi connectivity index (χ0n) is 14.1. The molecule has 1 aromatic heterocycles. The first-order valence-electron chi connectivity index (χ1n) is 8.27. The molecule has 0 unspecified atom stereocenters. The third-order valence-electron chi connectivity index (χ3n) is 4.68. The molecule has 1 aliphatic heterocycles. The van der Waals surface area contributed by atoms with Gasteiger partial charge in [0.1, 0.15) is 0 Å². The Bertz CT molecular complexity index is 832. The van der Waals surface area contributed by atoms with Crippen LogP contribution in [0.3, 0.4) is 0 Å². The van der Waals surface area contributed by atoms with Crippen molar-refractivity contribution in [2.24, 2.45) is 5.92 Å². The Morgan fingerprint density at radius 2 is 2.08 bits per heavy atom. The van der Waals surface area contributed by atoms with E-state index in [0.29, 0.717) is 30.6 Å². The van der Waals surface area contributed by atoms with Crippen molar-refractivity contribution in [1.82, 2.24) is 15.1 Å². The molecule has 2 heterocycles. The van der Waals surface area contributed by atoms with E-state index in [-0.39, 0.29) is 12.5 Å². The van der Waals surface area contributed by atoms with Crippen LogP contribution in [0.15, 0.2) is 18.2 Å². The number of H-pyrrole nitrogens is 1. The molecule has 0 aliphatic carbocycles. The van der Waals surface area contributed by atoms with Crippen LogP contribution in [0, 0.1) is 17.6 Å². The Morgan fingerprint density at radius 1 is 1.32 bits per heavy atom. The van der Waals surface area contributed by atoms with Crippen molar-refractivity contribution in [3.05, 3.63) is 41.1 Å². The lowest BCUT2D eigenvalue weighted by Gasteiger charge is -2.27. The molecular formula is C18H19F2N3O2. The summed E-state index contributed by atoms with van der Waals surface area (Å²) in [6.07, 6.45) is 1.14. The van der Waals surface area contributed by atoms with Gasteiger partial charge in [-0.3, -0.25) is 14.7 Å². The first kappa shape index (κ1) is 17.3. The summed E-state index contributed by atoms with van der Waals surface area (Å²) in [6, 6.07) is 3.57. The number of halogens is 2. The predicted octanol–water partition coefficient (Wildman–Crippen LogP) is 2.85. The number of fused-ring (bicyclic) bond motifs is 1. The van der Waals surface area contributed by atoms with Gasteiger partial charge in [-0.2, -0.15) is 5.10 Å². The third kappa shape index (κ3) is 3.18. The van der Waals surface area contributed by atoms with Crippen LogP contribution >= 0.6 is 0 Å². The molecule has 1 amide bonds. The number of benzene rings is 1. The molecule has 0 radical (unpaired) electrons. The zero-order chi connectivity index (χ0) is 18.1. The zero-order valence-corrected chi connectivity index (χ0v) is 14.1. The first-order chi connectivity index (χ1) is 11.9. The Balaban J connectivity index is 1.88. The van der Waals surface area contributed by atoms with E-state index in [1.807, 2.05) is 6.92 Å². The van der Waals surface area contributed by atoms with Gasteiger partial charge in [-0.1, -0.05) is 13.8 Å². The quantitative estimate of drug-likeness (QED) is 0.865. The number of ketones is 1. The molecule has 1 aromatic carbocycles. The number of aromatic amines is 1. The highest BCUT2D eigenvalue weighted by Gasteiger charge is 2.30. The summed E-state index contributed by atoms with van der Waals surface area (Å²) in [5, 5.41) is 7.08. The number of carbonyl (C=O) groups excluding carboxylic acids is 2. The Kier molecular flexibility index (Phi) is 4.65. The van der Waals surface area contributed by atoms with Crippen molar-refractivity contribution < 1.29 is 18.4 Å². The topological polar surface area (TPSA) is 66.1 Å². The number of hydrogen-bond donors (Lipinski definition) is 1. The van der Waals surface area contributed by atoms with Gasteiger partial charge in [0.15, 0.2) is 11.6 Å². The molecule has 1 atom stereocenters. The molecule has 132 valence electrons. The fraction of sp³-hybridized carbons (Fsp3) is 0.389. The summed E-state index contributed by atoms with van der Waals surface area (Å²) in [6.45, 7) is 4.25. The minimum Gasteiger partial charge on any atom is -0.331 e. The molecule has 0 bridgehead atoms. The number of nitrogens with zero attached hydrogens (tertiary/aromatic N) is 2. The number of carbonyl (C=O) groups is 2. The smallest absolute Gasteiger partial charge is 0.290 e. The predicted molar refractivity (Wildman–Crippen MR) is 87.5 cm³/mol. The summed E-state index contributed by atoms with van der Waals surface area (Å²) in [4.78, 5) is 26.1. The van der Waals surface area contributed by atoms with E-state index in [1.54, 1.807) is 6.92 Å². The van der Waals surface area contributed by atoms with E-state index in [1.165, 1.54) is 11.0 Å². The lowest BCUT2D eigenvalue weighted by atomic mass is 9.98. The van der Waals surface area contributed by atoms with Gasteiger partial charge in [0.2, 0.25) is 5.78 Å². The van der Waals surface area contributed by atoms with Crippen LogP contribution in [0.2, 0.25) is 0 Å². The fourth-order valence-corrected chi connectivity index (χ4v) is 2.90. The summed E-state index contributed by atoms with van der Waals surface area (Å²) in [5.74, 6) is -3.10. The molecule has 0 saturated carbocycles. The van der Waals surface area contributed by atoms with Crippen LogP contribution < -0.4 is 0 Å². The fourth-order valence-electron chi connectivity index (χ4n) is 2.90. The summed E-state index contributed by atoms with van der Waals surface area (Å²) in [7, 11) is 0. The van der Waals surface area contributed by atoms with E-state index in [9.17, 15) is 18.4 Å². The van der Waals surface area contributed by atoms with E-state index in [4.69, 9.17) is 0 Å². The molecule has 3 rings (SSSR count). The SMILES string of the molecule is CC[C@H](C)C(=O)C(=O)N1CCc2[nH]nc(-c3ccc(F)c(F)c3)c2C1. The molecule has 25 heavy (non-hydrogen) atoms. The third-order valence-corrected chi connectivity index (χ3v) is 4.68. The van der Waals surface area contributed by atoms with Crippen molar-refractivity contribution in [2.45, 2.75) is 33.2 Å². The second-order valence-corrected chi connectivity index (χ2v) is 6.31. The molecule has 5 nitrogen and oxygen atoms in total. The van der Waals surface area contributed by atoms with Gasteiger partial charge >= 0.3 is 0 Å². The van der Waals surface area contributed by atoms with E-state index in [0.717, 1.165) is 23.4 Å². The second-order valence-electron chi connectivity index (χ2n) is 6.31. The minimum atomic E-state index is -0.954. The van der Waals surface area contributed by atoms with Crippen LogP contribution in [-0.4, -0.2) is 33.3 Å². The van der Waals surface area contributed by atoms with Crippen LogP contribution in [0.25, 0.3) is 11.3 Å². The lowest BCUT2D eigenvalue weighted by Crippen LogP contribution is -2.41. The molecule has 0 spiro atoms.